The van der Waals surface area contributed by atoms with Crippen LogP contribution in [0.25, 0.3) is 10.9 Å². The minimum atomic E-state index is -1.11. The van der Waals surface area contributed by atoms with Crippen molar-refractivity contribution < 1.29 is 28.6 Å². The maximum absolute atomic E-state index is 15.0. The van der Waals surface area contributed by atoms with Crippen molar-refractivity contribution in [1.82, 2.24) is 15.2 Å². The number of fused-ring (bicyclic) bond motifs is 1. The maximum atomic E-state index is 15.0. The molecule has 2 unspecified atom stereocenters. The van der Waals surface area contributed by atoms with E-state index in [4.69, 9.17) is 9.47 Å². The fourth-order valence-corrected chi connectivity index (χ4v) is 4.23. The van der Waals surface area contributed by atoms with Gasteiger partial charge in [0, 0.05) is 56.8 Å². The lowest BCUT2D eigenvalue weighted by Gasteiger charge is -2.30. The number of anilines is 1. The molecule has 0 spiro atoms. The van der Waals surface area contributed by atoms with E-state index in [1.807, 2.05) is 9.47 Å². The number of nitrogens with zero attached hydrogens (tertiary/aromatic N) is 2. The lowest BCUT2D eigenvalue weighted by Crippen LogP contribution is -2.43. The minimum Gasteiger partial charge on any atom is -0.424 e. The Bertz CT molecular complexity index is 1180. The molecule has 3 N–H and O–H groups in total. The molecule has 1 aromatic heterocycles. The van der Waals surface area contributed by atoms with Crippen LogP contribution in [0, 0.1) is 5.82 Å². The summed E-state index contributed by atoms with van der Waals surface area (Å²) in [7, 11) is 4.41. The van der Waals surface area contributed by atoms with Gasteiger partial charge in [-0.3, -0.25) is 4.79 Å². The fraction of sp³-hybridized carbons (Fsp3) is 0.500. The van der Waals surface area contributed by atoms with E-state index < -0.39 is 35.2 Å². The summed E-state index contributed by atoms with van der Waals surface area (Å²) >= 11 is 0. The maximum Gasteiger partial charge on any atom is 0.410 e. The molecule has 1 saturated carbocycles. The zero-order valence-electron chi connectivity index (χ0n) is 19.1. The van der Waals surface area contributed by atoms with Crippen LogP contribution in [0.15, 0.2) is 23.1 Å². The predicted molar refractivity (Wildman–Crippen MR) is 135 cm³/mol. The SMILES string of the molecule is O=C(NCCC(O)(P)P)OCOC(=O)c1cn(C2CC2)c2cc(N3CCNCC3)c(F)cc2c1=O. The Hall–Kier alpha value is -2.32. The summed E-state index contributed by atoms with van der Waals surface area (Å²) in [6, 6.07) is 2.98. The molecule has 1 saturated heterocycles. The van der Waals surface area contributed by atoms with Gasteiger partial charge < -0.3 is 34.7 Å². The number of alkyl carbamates (subject to hydrolysis) is 1. The third kappa shape index (κ3) is 6.47. The van der Waals surface area contributed by atoms with Crippen LogP contribution >= 0.6 is 18.5 Å². The topological polar surface area (TPSA) is 122 Å². The molecule has 13 heteroatoms. The summed E-state index contributed by atoms with van der Waals surface area (Å²) < 4.78 is 26.6. The monoisotopic (exact) mass is 526 g/mol. The standard InChI is InChI=1S/C22H29FN4O6P2/c23-16-9-14-17(10-18(16)26-7-5-24-6-8-26)27(13-1-2-13)11-15(19(14)28)20(29)32-12-33-21(30)25-4-3-22(31,34)35/h9-11,13,24,31H,1-8,12,34-35H2,(H,25,30). The molecule has 190 valence electrons. The number of rotatable bonds is 8. The Morgan fingerprint density at radius 3 is 2.60 bits per heavy atom. The molecule has 2 atom stereocenters. The van der Waals surface area contributed by atoms with Crippen LogP contribution in [0.1, 0.15) is 35.7 Å². The number of pyridine rings is 1. The van der Waals surface area contributed by atoms with E-state index in [0.717, 1.165) is 25.9 Å². The quantitative estimate of drug-likeness (QED) is 0.269. The van der Waals surface area contributed by atoms with E-state index in [2.05, 4.69) is 29.1 Å². The van der Waals surface area contributed by atoms with Crippen LogP contribution in [-0.4, -0.2) is 66.3 Å². The highest BCUT2D eigenvalue weighted by atomic mass is 31.1. The first-order chi connectivity index (χ1) is 16.6. The number of ether oxygens (including phenoxy) is 2. The Labute approximate surface area is 205 Å². The highest BCUT2D eigenvalue weighted by molar-refractivity contribution is 7.39. The van der Waals surface area contributed by atoms with E-state index in [1.165, 1.54) is 12.3 Å². The number of amides is 1. The summed E-state index contributed by atoms with van der Waals surface area (Å²) in [5.41, 5.74) is 0.114. The molecule has 2 aliphatic rings. The smallest absolute Gasteiger partial charge is 0.410 e. The minimum absolute atomic E-state index is 0.101. The van der Waals surface area contributed by atoms with Crippen molar-refractivity contribution in [2.45, 2.75) is 30.4 Å². The summed E-state index contributed by atoms with van der Waals surface area (Å²) in [4.78, 5) is 39.4. The number of aliphatic hydroxyl groups is 1. The highest BCUT2D eigenvalue weighted by Crippen LogP contribution is 2.38. The fourth-order valence-electron chi connectivity index (χ4n) is 3.94. The van der Waals surface area contributed by atoms with Gasteiger partial charge >= 0.3 is 12.1 Å². The summed E-state index contributed by atoms with van der Waals surface area (Å²) in [6.45, 7) is 2.24. The molecule has 1 aromatic carbocycles. The molecule has 4 rings (SSSR count). The predicted octanol–water partition coefficient (Wildman–Crippen LogP) is 1.51. The molecule has 2 aromatic rings. The van der Waals surface area contributed by atoms with E-state index in [-0.39, 0.29) is 30.0 Å². The number of halogens is 1. The molecule has 1 amide bonds. The number of nitrogens with one attached hydrogen (secondary N) is 2. The van der Waals surface area contributed by atoms with Crippen LogP contribution < -0.4 is 21.0 Å². The second-order valence-corrected chi connectivity index (χ2v) is 11.4. The summed E-state index contributed by atoms with van der Waals surface area (Å²) in [5, 5.41) is 14.2. The van der Waals surface area contributed by atoms with Crippen molar-refractivity contribution in [3.05, 3.63) is 39.9 Å². The Morgan fingerprint density at radius 1 is 1.23 bits per heavy atom. The number of hydrogen-bond acceptors (Lipinski definition) is 8. The molecular weight excluding hydrogens is 497 g/mol. The number of carbonyl (C=O) groups excluding carboxylic acids is 2. The number of benzene rings is 1. The molecule has 0 bridgehead atoms. The normalized spacial score (nSPS) is 16.3. The zero-order valence-corrected chi connectivity index (χ0v) is 21.4. The summed E-state index contributed by atoms with van der Waals surface area (Å²) in [6.07, 6.45) is 2.62. The van der Waals surface area contributed by atoms with Crippen molar-refractivity contribution in [2.24, 2.45) is 0 Å². The lowest BCUT2D eigenvalue weighted by atomic mass is 10.1. The molecule has 0 radical (unpaired) electrons. The van der Waals surface area contributed by atoms with Gasteiger partial charge in [-0.1, -0.05) is 18.5 Å². The lowest BCUT2D eigenvalue weighted by molar-refractivity contribution is -0.00249. The van der Waals surface area contributed by atoms with Gasteiger partial charge in [0.2, 0.25) is 12.2 Å². The number of esters is 1. The van der Waals surface area contributed by atoms with Crippen molar-refractivity contribution in [2.75, 3.05) is 44.4 Å². The van der Waals surface area contributed by atoms with Crippen molar-refractivity contribution in [3.63, 3.8) is 0 Å². The van der Waals surface area contributed by atoms with Gasteiger partial charge in [-0.05, 0) is 25.0 Å². The van der Waals surface area contributed by atoms with E-state index >= 15 is 4.39 Å². The average molecular weight is 526 g/mol. The Morgan fingerprint density at radius 2 is 1.94 bits per heavy atom. The van der Waals surface area contributed by atoms with Gasteiger partial charge in [0.05, 0.1) is 16.3 Å². The number of aromatic nitrogens is 1. The summed E-state index contributed by atoms with van der Waals surface area (Å²) in [5.74, 6) is -1.48. The molecule has 2 fully saturated rings. The molecule has 10 nitrogen and oxygen atoms in total. The third-order valence-electron chi connectivity index (χ3n) is 5.89. The first-order valence-corrected chi connectivity index (χ1v) is 12.5. The molecular formula is C22H29FN4O6P2. The van der Waals surface area contributed by atoms with Crippen molar-refractivity contribution >= 4 is 47.1 Å². The van der Waals surface area contributed by atoms with E-state index in [0.29, 0.717) is 24.3 Å². The van der Waals surface area contributed by atoms with Crippen LogP contribution in [-0.2, 0) is 9.47 Å². The second-order valence-electron chi connectivity index (χ2n) is 8.72. The largest absolute Gasteiger partial charge is 0.424 e. The van der Waals surface area contributed by atoms with Crippen LogP contribution in [0.3, 0.4) is 0 Å². The molecule has 1 aliphatic heterocycles. The Kier molecular flexibility index (Phi) is 7.91. The van der Waals surface area contributed by atoms with E-state index in [1.54, 1.807) is 6.07 Å². The van der Waals surface area contributed by atoms with Gasteiger partial charge in [-0.25, -0.2) is 14.0 Å². The number of piperazine rings is 1. The first kappa shape index (κ1) is 25.8. The Balaban J connectivity index is 1.50. The zero-order chi connectivity index (χ0) is 25.2. The van der Waals surface area contributed by atoms with Crippen molar-refractivity contribution in [3.8, 4) is 0 Å². The van der Waals surface area contributed by atoms with Crippen LogP contribution in [0.4, 0.5) is 14.9 Å². The van der Waals surface area contributed by atoms with Gasteiger partial charge in [0.25, 0.3) is 0 Å². The number of carbonyl (C=O) groups is 2. The first-order valence-electron chi connectivity index (χ1n) is 11.4. The van der Waals surface area contributed by atoms with Crippen molar-refractivity contribution in [1.29, 1.82) is 0 Å². The number of hydrogen-bond donors (Lipinski definition) is 3. The second kappa shape index (κ2) is 10.7. The van der Waals surface area contributed by atoms with Crippen LogP contribution in [0.2, 0.25) is 0 Å². The van der Waals surface area contributed by atoms with Crippen LogP contribution in [0.5, 0.6) is 0 Å². The van der Waals surface area contributed by atoms with Gasteiger partial charge in [-0.2, -0.15) is 0 Å². The van der Waals surface area contributed by atoms with Gasteiger partial charge in [0.1, 0.15) is 11.4 Å². The average Bonchev–Trinajstić information content (AvgIpc) is 3.64. The molecule has 35 heavy (non-hydrogen) atoms. The third-order valence-corrected chi connectivity index (χ3v) is 6.47. The molecule has 2 heterocycles. The highest BCUT2D eigenvalue weighted by Gasteiger charge is 2.28. The van der Waals surface area contributed by atoms with Gasteiger partial charge in [-0.15, -0.1) is 0 Å². The molecule has 1 aliphatic carbocycles. The van der Waals surface area contributed by atoms with Gasteiger partial charge in [0.15, 0.2) is 0 Å². The van der Waals surface area contributed by atoms with E-state index in [9.17, 15) is 19.5 Å².